The lowest BCUT2D eigenvalue weighted by Gasteiger charge is -2.29. The maximum absolute atomic E-state index is 9.16. The second-order valence-electron chi connectivity index (χ2n) is 14.0. The van der Waals surface area contributed by atoms with Crippen LogP contribution in [0.25, 0.3) is 21.7 Å². The van der Waals surface area contributed by atoms with Gasteiger partial charge in [0.1, 0.15) is 0 Å². The quantitative estimate of drug-likeness (QED) is 0.248. The predicted molar refractivity (Wildman–Crippen MR) is 179 cm³/mol. The molecule has 0 saturated heterocycles. The number of hydrogen-bond donors (Lipinski definition) is 2. The van der Waals surface area contributed by atoms with Crippen LogP contribution in [0.5, 0.6) is 0 Å². The number of nitrogens with one attached hydrogen (secondary N) is 1. The zero-order valence-corrected chi connectivity index (χ0v) is 26.9. The van der Waals surface area contributed by atoms with Crippen LogP contribution in [-0.2, 0) is 17.9 Å². The number of fused-ring (bicyclic) bond motifs is 2. The van der Waals surface area contributed by atoms with Gasteiger partial charge in [0.2, 0.25) is 0 Å². The molecule has 0 amide bonds. The molecule has 4 aromatic rings. The Morgan fingerprint density at radius 1 is 0.756 bits per heavy atom. The van der Waals surface area contributed by atoms with Crippen LogP contribution in [0.2, 0.25) is 0 Å². The normalized spacial score (nSPS) is 13.9. The molecule has 1 aliphatic rings. The topological polar surface area (TPSA) is 37.2 Å². The maximum Gasteiger partial charge on any atom is 0.0686 e. The van der Waals surface area contributed by atoms with Crippen molar-refractivity contribution >= 4 is 21.7 Å². The molecule has 5 rings (SSSR count). The van der Waals surface area contributed by atoms with Gasteiger partial charge in [0.15, 0.2) is 0 Å². The first kappa shape index (κ1) is 32.0. The van der Waals surface area contributed by atoms with Crippen molar-refractivity contribution in [3.8, 4) is 0 Å². The molecule has 2 N–H and O–H groups in total. The monoisotopic (exact) mass is 550 g/mol. The van der Waals surface area contributed by atoms with Crippen molar-refractivity contribution in [2.45, 2.75) is 73.1 Å². The Labute approximate surface area is 248 Å². The Kier molecular flexibility index (Phi) is 9.77. The van der Waals surface area contributed by atoms with Crippen molar-refractivity contribution in [3.63, 3.8) is 0 Å². The highest BCUT2D eigenvalue weighted by molar-refractivity contribution is 5.85. The van der Waals surface area contributed by atoms with Gasteiger partial charge < -0.3 is 15.0 Å². The second kappa shape index (κ2) is 12.5. The maximum atomic E-state index is 9.16. The minimum atomic E-state index is 0.0207. The Morgan fingerprint density at radius 3 is 1.93 bits per heavy atom. The number of benzene rings is 3. The molecule has 0 saturated carbocycles. The van der Waals surface area contributed by atoms with Crippen LogP contribution >= 0.6 is 0 Å². The number of allylic oxidation sites excluding steroid dienone is 1. The molecular weight excluding hydrogens is 500 g/mol. The van der Waals surface area contributed by atoms with Gasteiger partial charge in [-0.05, 0) is 61.4 Å². The van der Waals surface area contributed by atoms with E-state index in [0.29, 0.717) is 0 Å². The van der Waals surface area contributed by atoms with Crippen LogP contribution in [0, 0.1) is 5.41 Å². The van der Waals surface area contributed by atoms with E-state index in [2.05, 4.69) is 159 Å². The number of aliphatic hydroxyl groups is 1. The highest BCUT2D eigenvalue weighted by Gasteiger charge is 2.24. The summed E-state index contributed by atoms with van der Waals surface area (Å²) in [7, 11) is 2.11. The van der Waals surface area contributed by atoms with Crippen molar-refractivity contribution in [3.05, 3.63) is 120 Å². The van der Waals surface area contributed by atoms with Crippen LogP contribution in [0.15, 0.2) is 109 Å². The highest BCUT2D eigenvalue weighted by atomic mass is 16.3. The summed E-state index contributed by atoms with van der Waals surface area (Å²) in [5, 5.41) is 16.3. The lowest BCUT2D eigenvalue weighted by atomic mass is 9.80. The predicted octanol–water partition coefficient (Wildman–Crippen LogP) is 9.57. The summed E-state index contributed by atoms with van der Waals surface area (Å²) in [6, 6.07) is 23.8. The van der Waals surface area contributed by atoms with Gasteiger partial charge in [0, 0.05) is 36.0 Å². The van der Waals surface area contributed by atoms with E-state index < -0.39 is 0 Å². The Bertz CT molecular complexity index is 1560. The fraction of sp³-hybridized carbons (Fsp3) is 0.368. The number of para-hydroxylation sites is 1. The molecule has 0 aliphatic carbocycles. The van der Waals surface area contributed by atoms with Gasteiger partial charge in [-0.1, -0.05) is 130 Å². The third kappa shape index (κ3) is 8.01. The molecule has 3 nitrogen and oxygen atoms in total. The summed E-state index contributed by atoms with van der Waals surface area (Å²) >= 11 is 0. The summed E-state index contributed by atoms with van der Waals surface area (Å²) in [6.45, 7) is 23.9. The summed E-state index contributed by atoms with van der Waals surface area (Å²) < 4.78 is 2.20. The van der Waals surface area contributed by atoms with Crippen molar-refractivity contribution in [2.24, 2.45) is 12.5 Å². The third-order valence-corrected chi connectivity index (χ3v) is 7.41. The van der Waals surface area contributed by atoms with Gasteiger partial charge in [0.05, 0.1) is 6.61 Å². The molecule has 1 aromatic heterocycles. The summed E-state index contributed by atoms with van der Waals surface area (Å²) in [4.78, 5) is 0. The second-order valence-corrected chi connectivity index (χ2v) is 14.0. The van der Waals surface area contributed by atoms with Crippen LogP contribution < -0.4 is 5.32 Å². The van der Waals surface area contributed by atoms with E-state index in [0.717, 1.165) is 16.8 Å². The minimum absolute atomic E-state index is 0.0207. The first-order valence-electron chi connectivity index (χ1n) is 14.5. The molecule has 1 aliphatic heterocycles. The Balaban J connectivity index is 0.000000169. The molecule has 2 heterocycles. The van der Waals surface area contributed by atoms with Crippen LogP contribution in [0.1, 0.15) is 73.4 Å². The molecule has 3 aromatic carbocycles. The first-order valence-corrected chi connectivity index (χ1v) is 14.5. The van der Waals surface area contributed by atoms with Crippen LogP contribution in [0.4, 0.5) is 0 Å². The molecule has 218 valence electrons. The van der Waals surface area contributed by atoms with E-state index in [4.69, 9.17) is 5.11 Å². The van der Waals surface area contributed by atoms with Crippen molar-refractivity contribution in [2.75, 3.05) is 6.61 Å². The molecular formula is C38H50N2O. The lowest BCUT2D eigenvalue weighted by Crippen LogP contribution is -2.23. The highest BCUT2D eigenvalue weighted by Crippen LogP contribution is 2.34. The van der Waals surface area contributed by atoms with E-state index in [-0.39, 0.29) is 22.9 Å². The minimum Gasteiger partial charge on any atom is -0.392 e. The Morgan fingerprint density at radius 2 is 1.37 bits per heavy atom. The van der Waals surface area contributed by atoms with E-state index in [1.165, 1.54) is 32.8 Å². The molecule has 0 radical (unpaired) electrons. The molecule has 0 fully saturated rings. The number of aryl methyl sites for hydroxylation is 1. The molecule has 0 spiro atoms. The molecule has 41 heavy (non-hydrogen) atoms. The largest absolute Gasteiger partial charge is 0.392 e. The lowest BCUT2D eigenvalue weighted by molar-refractivity contribution is 0.329. The smallest absolute Gasteiger partial charge is 0.0686 e. The van der Waals surface area contributed by atoms with Gasteiger partial charge in [0.25, 0.3) is 0 Å². The van der Waals surface area contributed by atoms with Gasteiger partial charge in [-0.3, -0.25) is 0 Å². The van der Waals surface area contributed by atoms with Crippen molar-refractivity contribution in [1.82, 2.24) is 9.88 Å². The number of aromatic nitrogens is 1. The SMILES string of the molecule is C=C1NC=CC(CO)=C1C(C)(C)C.CC(C)(C)c1ccc2ccccc2c1.Cn1cc(C(C)(C)C)c2ccccc21. The zero-order valence-electron chi connectivity index (χ0n) is 26.9. The summed E-state index contributed by atoms with van der Waals surface area (Å²) in [6.07, 6.45) is 5.95. The van der Waals surface area contributed by atoms with Gasteiger partial charge >= 0.3 is 0 Å². The van der Waals surface area contributed by atoms with E-state index in [1.54, 1.807) is 0 Å². The summed E-state index contributed by atoms with van der Waals surface area (Å²) in [5.41, 5.74) is 7.58. The molecule has 3 heteroatoms. The van der Waals surface area contributed by atoms with Crippen LogP contribution in [0.3, 0.4) is 0 Å². The summed E-state index contributed by atoms with van der Waals surface area (Å²) in [5.74, 6) is 0. The van der Waals surface area contributed by atoms with Gasteiger partial charge in [-0.15, -0.1) is 0 Å². The van der Waals surface area contributed by atoms with Crippen molar-refractivity contribution in [1.29, 1.82) is 0 Å². The van der Waals surface area contributed by atoms with Crippen molar-refractivity contribution < 1.29 is 5.11 Å². The first-order chi connectivity index (χ1) is 19.0. The number of hydrogen-bond acceptors (Lipinski definition) is 2. The molecule has 0 bridgehead atoms. The fourth-order valence-corrected chi connectivity index (χ4v) is 5.25. The van der Waals surface area contributed by atoms with Crippen LogP contribution in [-0.4, -0.2) is 16.3 Å². The van der Waals surface area contributed by atoms with E-state index in [1.807, 2.05) is 12.3 Å². The molecule has 0 unspecified atom stereocenters. The third-order valence-electron chi connectivity index (χ3n) is 7.41. The van der Waals surface area contributed by atoms with Gasteiger partial charge in [-0.25, -0.2) is 0 Å². The fourth-order valence-electron chi connectivity index (χ4n) is 5.25. The Hall–Kier alpha value is -3.56. The van der Waals surface area contributed by atoms with Gasteiger partial charge in [-0.2, -0.15) is 0 Å². The van der Waals surface area contributed by atoms with E-state index >= 15 is 0 Å². The van der Waals surface area contributed by atoms with E-state index in [9.17, 15) is 0 Å². The average Bonchev–Trinajstić information content (AvgIpc) is 3.25. The molecule has 0 atom stereocenters. The average molecular weight is 551 g/mol. The number of aliphatic hydroxyl groups excluding tert-OH is 1. The standard InChI is InChI=1S/C14H16.C13H17N.C11H17NO/c1-14(2,3)13-9-8-11-6-4-5-7-12(11)10-13;1-13(2,3)11-9-14(4)12-8-6-5-7-10(11)12;1-8-10(11(2,3)4)9(7-13)5-6-12-8/h4-10H,1-3H3;5-9H,1-4H3;5-6,12-13H,1,7H2,2-4H3. The number of rotatable bonds is 1. The number of nitrogens with zero attached hydrogens (tertiary/aromatic N) is 1. The number of dihydropyridines is 1. The zero-order chi connectivity index (χ0) is 30.6.